The number of benzene rings is 2. The molecule has 0 amide bonds. The molecule has 4 rings (SSSR count). The summed E-state index contributed by atoms with van der Waals surface area (Å²) in [5.74, 6) is 0.263. The van der Waals surface area contributed by atoms with E-state index in [2.05, 4.69) is 4.72 Å². The van der Waals surface area contributed by atoms with Gasteiger partial charge in [0.25, 0.3) is 10.0 Å². The first-order valence-electron chi connectivity index (χ1n) is 10.6. The van der Waals surface area contributed by atoms with Gasteiger partial charge in [-0.2, -0.15) is 4.31 Å². The summed E-state index contributed by atoms with van der Waals surface area (Å²) in [6.45, 7) is 0.953. The van der Waals surface area contributed by atoms with E-state index in [4.69, 9.17) is 4.74 Å². The van der Waals surface area contributed by atoms with E-state index in [1.54, 1.807) is 12.1 Å². The van der Waals surface area contributed by atoms with Crippen LogP contribution in [0.1, 0.15) is 43.2 Å². The minimum atomic E-state index is -3.90. The van der Waals surface area contributed by atoms with Crippen molar-refractivity contribution in [2.45, 2.75) is 54.7 Å². The normalized spacial score (nSPS) is 17.7. The SMILES string of the molecule is COc1ccc(S(=O)(=O)N2CCCCCC2)cc1NS(=O)(=O)c1ccc2c(c1)CCC2. The largest absolute Gasteiger partial charge is 0.495 e. The van der Waals surface area contributed by atoms with E-state index in [1.807, 2.05) is 6.07 Å². The third-order valence-corrected chi connectivity index (χ3v) is 9.26. The molecule has 0 aromatic heterocycles. The molecule has 0 spiro atoms. The van der Waals surface area contributed by atoms with Gasteiger partial charge < -0.3 is 4.74 Å². The van der Waals surface area contributed by atoms with E-state index >= 15 is 0 Å². The number of nitrogens with zero attached hydrogens (tertiary/aromatic N) is 1. The van der Waals surface area contributed by atoms with Gasteiger partial charge in [0.05, 0.1) is 22.6 Å². The van der Waals surface area contributed by atoms with Gasteiger partial charge in [0.2, 0.25) is 10.0 Å². The molecule has 0 bridgehead atoms. The van der Waals surface area contributed by atoms with E-state index in [0.717, 1.165) is 50.5 Å². The minimum Gasteiger partial charge on any atom is -0.495 e. The Morgan fingerprint density at radius 1 is 0.806 bits per heavy atom. The van der Waals surface area contributed by atoms with E-state index in [1.165, 1.54) is 35.2 Å². The number of rotatable bonds is 6. The number of hydrogen-bond donors (Lipinski definition) is 1. The van der Waals surface area contributed by atoms with Crippen LogP contribution in [-0.4, -0.2) is 41.3 Å². The summed E-state index contributed by atoms with van der Waals surface area (Å²) in [5.41, 5.74) is 2.34. The Labute approximate surface area is 184 Å². The van der Waals surface area contributed by atoms with Crippen molar-refractivity contribution in [3.8, 4) is 5.75 Å². The predicted octanol–water partition coefficient (Wildman–Crippen LogP) is 3.55. The molecule has 9 heteroatoms. The Hall–Kier alpha value is -2.10. The zero-order chi connectivity index (χ0) is 22.1. The molecular weight excluding hydrogens is 436 g/mol. The molecule has 0 radical (unpaired) electrons. The van der Waals surface area contributed by atoms with E-state index in [9.17, 15) is 16.8 Å². The lowest BCUT2D eigenvalue weighted by atomic mass is 10.1. The lowest BCUT2D eigenvalue weighted by Gasteiger charge is -2.21. The smallest absolute Gasteiger partial charge is 0.262 e. The van der Waals surface area contributed by atoms with Gasteiger partial charge in [-0.1, -0.05) is 18.9 Å². The summed E-state index contributed by atoms with van der Waals surface area (Å²) in [6.07, 6.45) is 6.54. The molecule has 2 aliphatic rings. The minimum absolute atomic E-state index is 0.0573. The number of methoxy groups -OCH3 is 1. The fourth-order valence-electron chi connectivity index (χ4n) is 4.28. The van der Waals surface area contributed by atoms with E-state index < -0.39 is 20.0 Å². The number of fused-ring (bicyclic) bond motifs is 1. The van der Waals surface area contributed by atoms with Crippen molar-refractivity contribution >= 4 is 25.7 Å². The molecule has 2 aromatic carbocycles. The maximum absolute atomic E-state index is 13.2. The van der Waals surface area contributed by atoms with Crippen LogP contribution in [0.3, 0.4) is 0 Å². The highest BCUT2D eigenvalue weighted by Crippen LogP contribution is 2.32. The molecule has 0 atom stereocenters. The lowest BCUT2D eigenvalue weighted by Crippen LogP contribution is -2.32. The van der Waals surface area contributed by atoms with Crippen molar-refractivity contribution in [3.05, 3.63) is 47.5 Å². The third-order valence-electron chi connectivity index (χ3n) is 6.00. The van der Waals surface area contributed by atoms with Crippen LogP contribution in [0.25, 0.3) is 0 Å². The van der Waals surface area contributed by atoms with Crippen molar-refractivity contribution in [1.29, 1.82) is 0 Å². The van der Waals surface area contributed by atoms with Gasteiger partial charge in [0.1, 0.15) is 5.75 Å². The second-order valence-corrected chi connectivity index (χ2v) is 11.7. The van der Waals surface area contributed by atoms with Gasteiger partial charge >= 0.3 is 0 Å². The van der Waals surface area contributed by atoms with Crippen LogP contribution in [0, 0.1) is 0 Å². The van der Waals surface area contributed by atoms with E-state index in [-0.39, 0.29) is 21.2 Å². The molecule has 2 aromatic rings. The topological polar surface area (TPSA) is 92.8 Å². The summed E-state index contributed by atoms with van der Waals surface area (Å²) in [7, 11) is -6.19. The van der Waals surface area contributed by atoms with Crippen molar-refractivity contribution in [2.75, 3.05) is 24.9 Å². The number of hydrogen-bond acceptors (Lipinski definition) is 5. The molecule has 1 saturated heterocycles. The highest BCUT2D eigenvalue weighted by molar-refractivity contribution is 7.92. The molecule has 1 heterocycles. The zero-order valence-electron chi connectivity index (χ0n) is 17.6. The standard InChI is InChI=1S/C22H28N2O5S2/c1-29-22-12-11-20(31(27,28)24-13-4-2-3-5-14-24)16-21(22)23-30(25,26)19-10-9-17-7-6-8-18(17)15-19/h9-12,15-16,23H,2-8,13-14H2,1H3. The average molecular weight is 465 g/mol. The Morgan fingerprint density at radius 2 is 1.48 bits per heavy atom. The average Bonchev–Trinajstić information content (AvgIpc) is 3.04. The first kappa shape index (κ1) is 22.1. The number of ether oxygens (including phenoxy) is 1. The van der Waals surface area contributed by atoms with Gasteiger partial charge in [-0.25, -0.2) is 16.8 Å². The maximum atomic E-state index is 13.2. The lowest BCUT2D eigenvalue weighted by molar-refractivity contribution is 0.415. The maximum Gasteiger partial charge on any atom is 0.262 e. The highest BCUT2D eigenvalue weighted by Gasteiger charge is 2.27. The number of nitrogens with one attached hydrogen (secondary N) is 1. The molecule has 0 saturated carbocycles. The van der Waals surface area contributed by atoms with Crippen molar-refractivity contribution in [2.24, 2.45) is 0 Å². The summed E-state index contributed by atoms with van der Waals surface area (Å²) < 4.78 is 61.8. The Morgan fingerprint density at radius 3 is 2.19 bits per heavy atom. The summed E-state index contributed by atoms with van der Waals surface area (Å²) in [5, 5.41) is 0. The van der Waals surface area contributed by atoms with Crippen LogP contribution < -0.4 is 9.46 Å². The van der Waals surface area contributed by atoms with Crippen LogP contribution in [0.15, 0.2) is 46.2 Å². The summed E-state index contributed by atoms with van der Waals surface area (Å²) in [4.78, 5) is 0.220. The Kier molecular flexibility index (Phi) is 6.27. The van der Waals surface area contributed by atoms with Crippen molar-refractivity contribution < 1.29 is 21.6 Å². The second-order valence-electron chi connectivity index (χ2n) is 8.07. The zero-order valence-corrected chi connectivity index (χ0v) is 19.3. The summed E-state index contributed by atoms with van der Waals surface area (Å²) in [6, 6.07) is 9.46. The van der Waals surface area contributed by atoms with Crippen molar-refractivity contribution in [3.63, 3.8) is 0 Å². The molecule has 168 valence electrons. The first-order chi connectivity index (χ1) is 14.8. The van der Waals surface area contributed by atoms with E-state index in [0.29, 0.717) is 13.1 Å². The molecule has 1 N–H and O–H groups in total. The predicted molar refractivity (Wildman–Crippen MR) is 119 cm³/mol. The van der Waals surface area contributed by atoms with Crippen molar-refractivity contribution in [1.82, 2.24) is 4.31 Å². The number of anilines is 1. The highest BCUT2D eigenvalue weighted by atomic mass is 32.2. The van der Waals surface area contributed by atoms with Gasteiger partial charge in [-0.3, -0.25) is 4.72 Å². The monoisotopic (exact) mass is 464 g/mol. The van der Waals surface area contributed by atoms with Gasteiger partial charge in [0.15, 0.2) is 0 Å². The molecule has 1 fully saturated rings. The molecule has 31 heavy (non-hydrogen) atoms. The van der Waals surface area contributed by atoms with Gasteiger partial charge in [0, 0.05) is 13.1 Å². The number of sulfonamides is 2. The molecule has 0 unspecified atom stereocenters. The van der Waals surface area contributed by atoms with Crippen LogP contribution >= 0.6 is 0 Å². The summed E-state index contributed by atoms with van der Waals surface area (Å²) >= 11 is 0. The van der Waals surface area contributed by atoms with Crippen LogP contribution in [-0.2, 0) is 32.9 Å². The van der Waals surface area contributed by atoms with Gasteiger partial charge in [-0.05, 0) is 73.6 Å². The molecular formula is C22H28N2O5S2. The van der Waals surface area contributed by atoms with Crippen LogP contribution in [0.2, 0.25) is 0 Å². The van der Waals surface area contributed by atoms with Crippen LogP contribution in [0.5, 0.6) is 5.75 Å². The third kappa shape index (κ3) is 4.58. The second kappa shape index (κ2) is 8.80. The van der Waals surface area contributed by atoms with Gasteiger partial charge in [-0.15, -0.1) is 0 Å². The number of aryl methyl sites for hydroxylation is 2. The molecule has 1 aliphatic carbocycles. The molecule has 7 nitrogen and oxygen atoms in total. The fourth-order valence-corrected chi connectivity index (χ4v) is 6.93. The van der Waals surface area contributed by atoms with Crippen LogP contribution in [0.4, 0.5) is 5.69 Å². The quantitative estimate of drug-likeness (QED) is 0.706. The fraction of sp³-hybridized carbons (Fsp3) is 0.455. The first-order valence-corrected chi connectivity index (χ1v) is 13.6. The Bertz CT molecular complexity index is 1170. The molecule has 1 aliphatic heterocycles. The Balaban J connectivity index is 1.66.